The van der Waals surface area contributed by atoms with Crippen LogP contribution in [0.3, 0.4) is 0 Å². The van der Waals surface area contributed by atoms with E-state index in [4.69, 9.17) is 9.47 Å². The van der Waals surface area contributed by atoms with Crippen molar-refractivity contribution in [3.05, 3.63) is 23.8 Å². The lowest BCUT2D eigenvalue weighted by Gasteiger charge is -2.23. The van der Waals surface area contributed by atoms with Crippen LogP contribution in [0.4, 0.5) is 0 Å². The second-order valence-corrected chi connectivity index (χ2v) is 6.04. The van der Waals surface area contributed by atoms with Gasteiger partial charge < -0.3 is 14.8 Å². The van der Waals surface area contributed by atoms with Gasteiger partial charge in [-0.15, -0.1) is 0 Å². The van der Waals surface area contributed by atoms with Crippen molar-refractivity contribution in [2.24, 2.45) is 5.41 Å². The van der Waals surface area contributed by atoms with Gasteiger partial charge in [0.1, 0.15) is 0 Å². The van der Waals surface area contributed by atoms with Gasteiger partial charge >= 0.3 is 0 Å². The Hall–Kier alpha value is -1.26. The number of methoxy groups -OCH3 is 2. The van der Waals surface area contributed by atoms with Gasteiger partial charge in [-0.1, -0.05) is 12.1 Å². The lowest BCUT2D eigenvalue weighted by molar-refractivity contribution is 0.263. The van der Waals surface area contributed by atoms with Crippen molar-refractivity contribution in [2.45, 2.75) is 19.4 Å². The topological polar surface area (TPSA) is 33.7 Å². The van der Waals surface area contributed by atoms with Gasteiger partial charge in [0.05, 0.1) is 14.2 Å². The molecule has 2 fully saturated rings. The van der Waals surface area contributed by atoms with E-state index in [0.29, 0.717) is 5.41 Å². The fourth-order valence-corrected chi connectivity index (χ4v) is 3.63. The molecule has 0 saturated carbocycles. The predicted octanol–water partition coefficient (Wildman–Crippen LogP) is 1.89. The standard InChI is InChI=1S/C16H24N2O2/c1-19-14-5-3-4-13(15(14)20-2)10-18-9-7-16(12-18)6-8-17-11-16/h3-5,17H,6-12H2,1-2H3. The minimum atomic E-state index is 0.520. The molecular weight excluding hydrogens is 252 g/mol. The van der Waals surface area contributed by atoms with Crippen molar-refractivity contribution in [1.29, 1.82) is 0 Å². The first-order valence-corrected chi connectivity index (χ1v) is 7.39. The van der Waals surface area contributed by atoms with E-state index in [0.717, 1.165) is 18.0 Å². The Morgan fingerprint density at radius 2 is 2.15 bits per heavy atom. The Balaban J connectivity index is 1.72. The number of nitrogens with zero attached hydrogens (tertiary/aromatic N) is 1. The first kappa shape index (κ1) is 13.7. The highest BCUT2D eigenvalue weighted by atomic mass is 16.5. The van der Waals surface area contributed by atoms with Crippen LogP contribution in [0.1, 0.15) is 18.4 Å². The highest BCUT2D eigenvalue weighted by molar-refractivity contribution is 5.46. The van der Waals surface area contributed by atoms with Crippen LogP contribution in [-0.2, 0) is 6.54 Å². The van der Waals surface area contributed by atoms with Crippen molar-refractivity contribution < 1.29 is 9.47 Å². The molecule has 20 heavy (non-hydrogen) atoms. The fourth-order valence-electron chi connectivity index (χ4n) is 3.63. The van der Waals surface area contributed by atoms with E-state index < -0.39 is 0 Å². The molecule has 0 amide bonds. The van der Waals surface area contributed by atoms with E-state index in [1.54, 1.807) is 14.2 Å². The summed E-state index contributed by atoms with van der Waals surface area (Å²) in [6.45, 7) is 5.68. The van der Waals surface area contributed by atoms with E-state index >= 15 is 0 Å². The molecule has 1 aromatic rings. The van der Waals surface area contributed by atoms with E-state index in [-0.39, 0.29) is 0 Å². The van der Waals surface area contributed by atoms with Crippen molar-refractivity contribution >= 4 is 0 Å². The highest BCUT2D eigenvalue weighted by Gasteiger charge is 2.40. The first-order chi connectivity index (χ1) is 9.76. The molecule has 4 nitrogen and oxygen atoms in total. The van der Waals surface area contributed by atoms with Crippen LogP contribution < -0.4 is 14.8 Å². The molecule has 0 bridgehead atoms. The average Bonchev–Trinajstić information content (AvgIpc) is 3.09. The smallest absolute Gasteiger partial charge is 0.165 e. The zero-order valence-corrected chi connectivity index (χ0v) is 12.4. The zero-order valence-electron chi connectivity index (χ0n) is 12.4. The molecular formula is C16H24N2O2. The third-order valence-electron chi connectivity index (χ3n) is 4.73. The van der Waals surface area contributed by atoms with Gasteiger partial charge in [-0.2, -0.15) is 0 Å². The summed E-state index contributed by atoms with van der Waals surface area (Å²) in [5.74, 6) is 1.70. The number of benzene rings is 1. The summed E-state index contributed by atoms with van der Waals surface area (Å²) in [7, 11) is 3.41. The van der Waals surface area contributed by atoms with Gasteiger partial charge in [-0.3, -0.25) is 4.90 Å². The monoisotopic (exact) mass is 276 g/mol. The molecule has 2 heterocycles. The minimum Gasteiger partial charge on any atom is -0.493 e. The fraction of sp³-hybridized carbons (Fsp3) is 0.625. The molecule has 1 aromatic carbocycles. The van der Waals surface area contributed by atoms with Gasteiger partial charge in [-0.05, 0) is 37.4 Å². The molecule has 2 saturated heterocycles. The Bertz CT molecular complexity index is 470. The van der Waals surface area contributed by atoms with Gasteiger partial charge in [0.2, 0.25) is 0 Å². The third kappa shape index (κ3) is 2.50. The maximum Gasteiger partial charge on any atom is 0.165 e. The number of rotatable bonds is 4. The van der Waals surface area contributed by atoms with Crippen LogP contribution in [0, 0.1) is 5.41 Å². The van der Waals surface area contributed by atoms with Crippen LogP contribution in [0.5, 0.6) is 11.5 Å². The van der Waals surface area contributed by atoms with Crippen LogP contribution in [0.25, 0.3) is 0 Å². The summed E-state index contributed by atoms with van der Waals surface area (Å²) in [5, 5.41) is 3.51. The number of ether oxygens (including phenoxy) is 2. The summed E-state index contributed by atoms with van der Waals surface area (Å²) < 4.78 is 10.9. The molecule has 4 heteroatoms. The average molecular weight is 276 g/mol. The molecule has 110 valence electrons. The molecule has 2 aliphatic heterocycles. The molecule has 1 spiro atoms. The number of para-hydroxylation sites is 1. The van der Waals surface area contributed by atoms with Gasteiger partial charge in [0.25, 0.3) is 0 Å². The minimum absolute atomic E-state index is 0.520. The van der Waals surface area contributed by atoms with Crippen LogP contribution >= 0.6 is 0 Å². The molecule has 0 aliphatic carbocycles. The number of hydrogen-bond acceptors (Lipinski definition) is 4. The second kappa shape index (κ2) is 5.62. The molecule has 3 rings (SSSR count). The highest BCUT2D eigenvalue weighted by Crippen LogP contribution is 2.38. The molecule has 0 radical (unpaired) electrons. The SMILES string of the molecule is COc1cccc(CN2CCC3(CCNC3)C2)c1OC. The predicted molar refractivity (Wildman–Crippen MR) is 79.4 cm³/mol. The van der Waals surface area contributed by atoms with Gasteiger partial charge in [-0.25, -0.2) is 0 Å². The molecule has 0 aromatic heterocycles. The zero-order chi connectivity index (χ0) is 14.0. The maximum atomic E-state index is 5.53. The van der Waals surface area contributed by atoms with E-state index in [1.165, 1.54) is 44.6 Å². The van der Waals surface area contributed by atoms with Gasteiger partial charge in [0, 0.05) is 25.2 Å². The van der Waals surface area contributed by atoms with Crippen LogP contribution in [0.15, 0.2) is 18.2 Å². The van der Waals surface area contributed by atoms with Crippen molar-refractivity contribution in [2.75, 3.05) is 40.4 Å². The Kier molecular flexibility index (Phi) is 3.85. The Labute approximate surface area is 121 Å². The van der Waals surface area contributed by atoms with Crippen LogP contribution in [0.2, 0.25) is 0 Å². The van der Waals surface area contributed by atoms with E-state index in [1.807, 2.05) is 12.1 Å². The Morgan fingerprint density at radius 3 is 2.85 bits per heavy atom. The quantitative estimate of drug-likeness (QED) is 0.910. The van der Waals surface area contributed by atoms with Crippen molar-refractivity contribution in [1.82, 2.24) is 10.2 Å². The number of nitrogens with one attached hydrogen (secondary N) is 1. The van der Waals surface area contributed by atoms with E-state index in [9.17, 15) is 0 Å². The summed E-state index contributed by atoms with van der Waals surface area (Å²) >= 11 is 0. The van der Waals surface area contributed by atoms with E-state index in [2.05, 4.69) is 16.3 Å². The summed E-state index contributed by atoms with van der Waals surface area (Å²) in [5.41, 5.74) is 1.74. The summed E-state index contributed by atoms with van der Waals surface area (Å²) in [6.07, 6.45) is 2.63. The first-order valence-electron chi connectivity index (χ1n) is 7.39. The molecule has 1 atom stereocenters. The van der Waals surface area contributed by atoms with Crippen molar-refractivity contribution in [3.8, 4) is 11.5 Å². The third-order valence-corrected chi connectivity index (χ3v) is 4.73. The number of likely N-dealkylation sites (tertiary alicyclic amines) is 1. The summed E-state index contributed by atoms with van der Waals surface area (Å²) in [6, 6.07) is 6.13. The maximum absolute atomic E-state index is 5.53. The van der Waals surface area contributed by atoms with Gasteiger partial charge in [0.15, 0.2) is 11.5 Å². The lowest BCUT2D eigenvalue weighted by atomic mass is 9.86. The Morgan fingerprint density at radius 1 is 1.25 bits per heavy atom. The lowest BCUT2D eigenvalue weighted by Crippen LogP contribution is -2.29. The molecule has 1 N–H and O–H groups in total. The molecule has 2 aliphatic rings. The second-order valence-electron chi connectivity index (χ2n) is 6.04. The van der Waals surface area contributed by atoms with Crippen molar-refractivity contribution in [3.63, 3.8) is 0 Å². The normalized spacial score (nSPS) is 26.3. The largest absolute Gasteiger partial charge is 0.493 e. The summed E-state index contributed by atoms with van der Waals surface area (Å²) in [4.78, 5) is 2.55. The number of hydrogen-bond donors (Lipinski definition) is 1. The molecule has 1 unspecified atom stereocenters. The van der Waals surface area contributed by atoms with Crippen LogP contribution in [-0.4, -0.2) is 45.3 Å².